The maximum Gasteiger partial charge on any atom is 0.144 e. The molecule has 0 spiro atoms. The summed E-state index contributed by atoms with van der Waals surface area (Å²) >= 11 is 3.34. The molecule has 0 bridgehead atoms. The van der Waals surface area contributed by atoms with Gasteiger partial charge in [-0.3, -0.25) is 0 Å². The van der Waals surface area contributed by atoms with Gasteiger partial charge in [0.15, 0.2) is 0 Å². The Morgan fingerprint density at radius 2 is 2.43 bits per heavy atom. The van der Waals surface area contributed by atoms with Crippen LogP contribution in [-0.2, 0) is 0 Å². The van der Waals surface area contributed by atoms with Gasteiger partial charge in [-0.15, -0.1) is 0 Å². The highest BCUT2D eigenvalue weighted by atomic mass is 79.9. The van der Waals surface area contributed by atoms with Gasteiger partial charge in [0.05, 0.1) is 17.8 Å². The predicted molar refractivity (Wildman–Crippen MR) is 56.7 cm³/mol. The van der Waals surface area contributed by atoms with E-state index in [1.165, 1.54) is 0 Å². The molecule has 0 saturated heterocycles. The minimum atomic E-state index is 0.777. The average Bonchev–Trinajstić information content (AvgIpc) is 2.65. The third-order valence-electron chi connectivity index (χ3n) is 1.82. The van der Waals surface area contributed by atoms with E-state index in [0.29, 0.717) is 0 Å². The minimum absolute atomic E-state index is 0.777. The second kappa shape index (κ2) is 3.84. The van der Waals surface area contributed by atoms with Crippen LogP contribution in [0.15, 0.2) is 35.1 Å². The van der Waals surface area contributed by atoms with Crippen LogP contribution < -0.4 is 4.74 Å². The van der Waals surface area contributed by atoms with Crippen LogP contribution in [0.3, 0.4) is 0 Å². The summed E-state index contributed by atoms with van der Waals surface area (Å²) < 4.78 is 7.88. The Kier molecular flexibility index (Phi) is 2.54. The van der Waals surface area contributed by atoms with Crippen LogP contribution in [0.2, 0.25) is 0 Å². The van der Waals surface area contributed by atoms with E-state index in [1.54, 1.807) is 24.1 Å². The monoisotopic (exact) mass is 251 g/mol. The Hall–Kier alpha value is -1.29. The van der Waals surface area contributed by atoms with E-state index >= 15 is 0 Å². The van der Waals surface area contributed by atoms with Crippen molar-refractivity contribution >= 4 is 15.9 Å². The van der Waals surface area contributed by atoms with Crippen molar-refractivity contribution in [3.05, 3.63) is 41.1 Å². The fraction of sp³-hybridized carbons (Fsp3) is 0.100. The van der Waals surface area contributed by atoms with Crippen molar-refractivity contribution in [3.63, 3.8) is 0 Å². The minimum Gasteiger partial charge on any atom is -0.494 e. The summed E-state index contributed by atoms with van der Waals surface area (Å²) in [5, 5.41) is 4.16. The molecular weight excluding hydrogens is 244 g/mol. The highest BCUT2D eigenvalue weighted by Crippen LogP contribution is 2.22. The first kappa shape index (κ1) is 9.27. The van der Waals surface area contributed by atoms with Crippen LogP contribution in [0.1, 0.15) is 0 Å². The van der Waals surface area contributed by atoms with Gasteiger partial charge in [-0.25, -0.2) is 4.68 Å². The van der Waals surface area contributed by atoms with Crippen molar-refractivity contribution < 1.29 is 4.74 Å². The number of nitrogens with zero attached hydrogens (tertiary/aromatic N) is 2. The Morgan fingerprint density at radius 3 is 3.07 bits per heavy atom. The van der Waals surface area contributed by atoms with E-state index in [4.69, 9.17) is 4.74 Å². The molecule has 0 fully saturated rings. The summed E-state index contributed by atoms with van der Waals surface area (Å²) in [5.41, 5.74) is 0.876. The molecule has 0 amide bonds. The van der Waals surface area contributed by atoms with E-state index in [2.05, 4.69) is 27.1 Å². The fourth-order valence-corrected chi connectivity index (χ4v) is 1.48. The normalized spacial score (nSPS) is 10.1. The average molecular weight is 252 g/mol. The van der Waals surface area contributed by atoms with Gasteiger partial charge in [0.1, 0.15) is 11.4 Å². The van der Waals surface area contributed by atoms with E-state index in [-0.39, 0.29) is 0 Å². The largest absolute Gasteiger partial charge is 0.494 e. The van der Waals surface area contributed by atoms with Gasteiger partial charge in [0, 0.05) is 6.20 Å². The third-order valence-corrected chi connectivity index (χ3v) is 2.23. The first-order valence-electron chi connectivity index (χ1n) is 4.06. The number of ether oxygens (including phenoxy) is 1. The van der Waals surface area contributed by atoms with Gasteiger partial charge in [-0.05, 0) is 34.1 Å². The molecule has 14 heavy (non-hydrogen) atoms. The maximum atomic E-state index is 5.21. The van der Waals surface area contributed by atoms with Crippen LogP contribution in [0.5, 0.6) is 5.75 Å². The molecule has 0 atom stereocenters. The highest BCUT2D eigenvalue weighted by molar-refractivity contribution is 9.10. The van der Waals surface area contributed by atoms with Crippen molar-refractivity contribution in [1.29, 1.82) is 0 Å². The number of halogens is 1. The lowest BCUT2D eigenvalue weighted by Gasteiger charge is -2.06. The lowest BCUT2D eigenvalue weighted by molar-refractivity contribution is 0.411. The Labute approximate surface area is 90.4 Å². The zero-order valence-electron chi connectivity index (χ0n) is 7.57. The molecular formula is C10H8BrN2O. The van der Waals surface area contributed by atoms with Crippen molar-refractivity contribution in [2.24, 2.45) is 0 Å². The maximum absolute atomic E-state index is 5.21. The molecule has 3 nitrogen and oxygen atoms in total. The first-order chi connectivity index (χ1) is 6.81. The Bertz CT molecular complexity index is 439. The summed E-state index contributed by atoms with van der Waals surface area (Å²) in [6.45, 7) is 0. The van der Waals surface area contributed by atoms with Gasteiger partial charge in [-0.1, -0.05) is 6.07 Å². The van der Waals surface area contributed by atoms with E-state index in [0.717, 1.165) is 15.9 Å². The molecule has 1 heterocycles. The molecule has 0 unspecified atom stereocenters. The molecule has 1 radical (unpaired) electrons. The number of hydrogen-bond donors (Lipinski definition) is 0. The molecule has 2 rings (SSSR count). The SMILES string of the molecule is COc1cc[c]cc1-n1cc(Br)cn1. The second-order valence-corrected chi connectivity index (χ2v) is 3.62. The molecule has 0 saturated carbocycles. The molecule has 0 aliphatic carbocycles. The standard InChI is InChI=1S/C10H8BrN2O/c1-14-10-5-3-2-4-9(10)13-7-8(11)6-12-13/h3-7H,1H3. The lowest BCUT2D eigenvalue weighted by Crippen LogP contribution is -1.97. The molecule has 71 valence electrons. The van der Waals surface area contributed by atoms with Crippen molar-refractivity contribution in [1.82, 2.24) is 9.78 Å². The lowest BCUT2D eigenvalue weighted by atomic mass is 10.3. The van der Waals surface area contributed by atoms with E-state index < -0.39 is 0 Å². The van der Waals surface area contributed by atoms with Crippen LogP contribution in [0, 0.1) is 6.07 Å². The van der Waals surface area contributed by atoms with Crippen LogP contribution >= 0.6 is 15.9 Å². The highest BCUT2D eigenvalue weighted by Gasteiger charge is 2.04. The molecule has 0 aliphatic rings. The second-order valence-electron chi connectivity index (χ2n) is 2.70. The molecule has 0 N–H and O–H groups in total. The zero-order valence-corrected chi connectivity index (χ0v) is 9.15. The number of rotatable bonds is 2. The van der Waals surface area contributed by atoms with Gasteiger partial charge in [0.2, 0.25) is 0 Å². The van der Waals surface area contributed by atoms with Crippen LogP contribution in [-0.4, -0.2) is 16.9 Å². The van der Waals surface area contributed by atoms with Crippen LogP contribution in [0.4, 0.5) is 0 Å². The molecule has 4 heteroatoms. The summed E-state index contributed by atoms with van der Waals surface area (Å²) in [6, 6.07) is 8.48. The number of aromatic nitrogens is 2. The molecule has 1 aromatic heterocycles. The van der Waals surface area contributed by atoms with Crippen molar-refractivity contribution in [3.8, 4) is 11.4 Å². The number of methoxy groups -OCH3 is 1. The van der Waals surface area contributed by atoms with Crippen molar-refractivity contribution in [2.75, 3.05) is 7.11 Å². The summed E-state index contributed by atoms with van der Waals surface area (Å²) in [7, 11) is 1.64. The van der Waals surface area contributed by atoms with Gasteiger partial charge in [-0.2, -0.15) is 5.10 Å². The summed E-state index contributed by atoms with van der Waals surface area (Å²) in [4.78, 5) is 0. The number of benzene rings is 1. The molecule has 1 aromatic carbocycles. The van der Waals surface area contributed by atoms with Gasteiger partial charge in [0.25, 0.3) is 0 Å². The van der Waals surface area contributed by atoms with Gasteiger partial charge < -0.3 is 4.74 Å². The fourth-order valence-electron chi connectivity index (χ4n) is 1.19. The quantitative estimate of drug-likeness (QED) is 0.820. The summed E-state index contributed by atoms with van der Waals surface area (Å²) in [6.07, 6.45) is 3.60. The predicted octanol–water partition coefficient (Wildman–Crippen LogP) is 2.44. The zero-order chi connectivity index (χ0) is 9.97. The molecule has 0 aliphatic heterocycles. The Balaban J connectivity index is 2.50. The first-order valence-corrected chi connectivity index (χ1v) is 4.85. The van der Waals surface area contributed by atoms with Gasteiger partial charge >= 0.3 is 0 Å². The summed E-state index contributed by atoms with van der Waals surface area (Å²) in [5.74, 6) is 0.777. The number of hydrogen-bond acceptors (Lipinski definition) is 2. The topological polar surface area (TPSA) is 27.1 Å². The smallest absolute Gasteiger partial charge is 0.144 e. The molecule has 2 aromatic rings. The van der Waals surface area contributed by atoms with Crippen molar-refractivity contribution in [2.45, 2.75) is 0 Å². The van der Waals surface area contributed by atoms with Crippen LogP contribution in [0.25, 0.3) is 5.69 Å². The van der Waals surface area contributed by atoms with E-state index in [1.807, 2.05) is 18.3 Å². The Morgan fingerprint density at radius 1 is 1.57 bits per heavy atom. The third kappa shape index (κ3) is 1.65. The van der Waals surface area contributed by atoms with E-state index in [9.17, 15) is 0 Å².